The first-order valence-corrected chi connectivity index (χ1v) is 9.47. The van der Waals surface area contributed by atoms with E-state index >= 15 is 0 Å². The van der Waals surface area contributed by atoms with Crippen molar-refractivity contribution in [1.82, 2.24) is 15.0 Å². The third kappa shape index (κ3) is 4.59. The average molecular weight is 387 g/mol. The lowest BCUT2D eigenvalue weighted by Gasteiger charge is -2.14. The summed E-state index contributed by atoms with van der Waals surface area (Å²) in [7, 11) is 0. The van der Waals surface area contributed by atoms with E-state index in [-0.39, 0.29) is 17.7 Å². The van der Waals surface area contributed by atoms with Gasteiger partial charge in [-0.2, -0.15) is 0 Å². The van der Waals surface area contributed by atoms with Crippen LogP contribution in [0.5, 0.6) is 0 Å². The lowest BCUT2D eigenvalue weighted by atomic mass is 10.1. The highest BCUT2D eigenvalue weighted by Crippen LogP contribution is 2.23. The van der Waals surface area contributed by atoms with E-state index in [0.29, 0.717) is 10.2 Å². The average Bonchev–Trinajstić information content (AvgIpc) is 3.01. The summed E-state index contributed by atoms with van der Waals surface area (Å²) in [5.74, 6) is 6.10. The second kappa shape index (κ2) is 8.29. The Bertz CT molecular complexity index is 898. The number of hydrogen-bond acceptors (Lipinski definition) is 4. The maximum absolute atomic E-state index is 12.2. The molecule has 0 saturated heterocycles. The fourth-order valence-electron chi connectivity index (χ4n) is 2.50. The van der Waals surface area contributed by atoms with Crippen LogP contribution in [0.3, 0.4) is 0 Å². The summed E-state index contributed by atoms with van der Waals surface area (Å²) < 4.78 is 1.45. The van der Waals surface area contributed by atoms with Gasteiger partial charge in [-0.3, -0.25) is 4.79 Å². The van der Waals surface area contributed by atoms with Crippen molar-refractivity contribution in [1.29, 1.82) is 0 Å². The molecule has 3 rings (SSSR count). The Kier molecular flexibility index (Phi) is 5.85. The van der Waals surface area contributed by atoms with E-state index in [0.717, 1.165) is 16.8 Å². The number of carbonyl (C=O) groups is 1. The number of halogens is 1. The summed E-state index contributed by atoms with van der Waals surface area (Å²) in [6.07, 6.45) is 1.75. The highest BCUT2D eigenvalue weighted by molar-refractivity contribution is 7.99. The molecule has 0 fully saturated rings. The lowest BCUT2D eigenvalue weighted by molar-refractivity contribution is -0.119. The number of amides is 1. The number of hydrogen-bond donors (Lipinski definition) is 2. The third-order valence-corrected chi connectivity index (χ3v) is 5.03. The Labute approximate surface area is 161 Å². The van der Waals surface area contributed by atoms with E-state index in [1.54, 1.807) is 12.3 Å². The molecule has 0 aliphatic rings. The lowest BCUT2D eigenvalue weighted by Crippen LogP contribution is -2.28. The summed E-state index contributed by atoms with van der Waals surface area (Å²) in [6.45, 7) is 1.92. The molecule has 0 aliphatic carbocycles. The van der Waals surface area contributed by atoms with Crippen molar-refractivity contribution in [3.05, 3.63) is 71.4 Å². The smallest absolute Gasteiger partial charge is 0.230 e. The summed E-state index contributed by atoms with van der Waals surface area (Å²) in [6, 6.07) is 17.1. The minimum Gasteiger partial charge on any atom is -0.349 e. The van der Waals surface area contributed by atoms with Gasteiger partial charge in [-0.15, -0.1) is 0 Å². The molecule has 1 unspecified atom stereocenters. The fourth-order valence-corrected chi connectivity index (χ4v) is 3.41. The van der Waals surface area contributed by atoms with E-state index in [2.05, 4.69) is 10.3 Å². The predicted octanol–water partition coefficient (Wildman–Crippen LogP) is 3.89. The van der Waals surface area contributed by atoms with Crippen LogP contribution in [0, 0.1) is 0 Å². The zero-order valence-corrected chi connectivity index (χ0v) is 15.8. The van der Waals surface area contributed by atoms with Crippen LogP contribution in [0.2, 0.25) is 5.02 Å². The monoisotopic (exact) mass is 386 g/mol. The van der Waals surface area contributed by atoms with Gasteiger partial charge >= 0.3 is 0 Å². The van der Waals surface area contributed by atoms with Gasteiger partial charge in [0.1, 0.15) is 0 Å². The maximum Gasteiger partial charge on any atom is 0.230 e. The van der Waals surface area contributed by atoms with Crippen molar-refractivity contribution in [3.8, 4) is 11.3 Å². The first kappa shape index (κ1) is 18.4. The van der Waals surface area contributed by atoms with Gasteiger partial charge < -0.3 is 11.2 Å². The summed E-state index contributed by atoms with van der Waals surface area (Å²) >= 11 is 7.29. The first-order valence-electron chi connectivity index (χ1n) is 8.10. The van der Waals surface area contributed by atoms with E-state index < -0.39 is 0 Å². The molecule has 7 heteroatoms. The summed E-state index contributed by atoms with van der Waals surface area (Å²) in [5, 5.41) is 4.20. The molecule has 1 amide bonds. The van der Waals surface area contributed by atoms with Gasteiger partial charge in [-0.25, -0.2) is 9.66 Å². The van der Waals surface area contributed by atoms with Crippen molar-refractivity contribution < 1.29 is 4.79 Å². The van der Waals surface area contributed by atoms with E-state index in [9.17, 15) is 4.79 Å². The molecule has 3 aromatic rings. The molecule has 1 aromatic heterocycles. The van der Waals surface area contributed by atoms with Gasteiger partial charge in [0.2, 0.25) is 5.91 Å². The van der Waals surface area contributed by atoms with Crippen molar-refractivity contribution >= 4 is 29.3 Å². The second-order valence-corrected chi connectivity index (χ2v) is 7.19. The standard InChI is InChI=1S/C19H19ClN4OS/c1-13(15-8-5-9-16(20)10-15)22-18(25)12-26-19-23-17(11-24(19)21)14-6-3-2-4-7-14/h2-11,13H,12,21H2,1H3,(H,22,25). The maximum atomic E-state index is 12.2. The van der Waals surface area contributed by atoms with Crippen molar-refractivity contribution in [2.45, 2.75) is 18.1 Å². The van der Waals surface area contributed by atoms with Crippen LogP contribution in [0.1, 0.15) is 18.5 Å². The molecule has 0 bridgehead atoms. The minimum absolute atomic E-state index is 0.0910. The van der Waals surface area contributed by atoms with Gasteiger partial charge in [0.15, 0.2) is 5.16 Å². The van der Waals surface area contributed by atoms with Crippen LogP contribution < -0.4 is 11.2 Å². The summed E-state index contributed by atoms with van der Waals surface area (Å²) in [4.78, 5) is 16.7. The number of rotatable bonds is 6. The molecule has 1 heterocycles. The zero-order chi connectivity index (χ0) is 18.5. The van der Waals surface area contributed by atoms with Crippen LogP contribution in [0.25, 0.3) is 11.3 Å². The first-order chi connectivity index (χ1) is 12.5. The number of aromatic nitrogens is 2. The van der Waals surface area contributed by atoms with E-state index in [4.69, 9.17) is 17.4 Å². The van der Waals surface area contributed by atoms with Gasteiger partial charge in [-0.05, 0) is 24.6 Å². The van der Waals surface area contributed by atoms with Gasteiger partial charge in [-0.1, -0.05) is 65.8 Å². The molecule has 5 nitrogen and oxygen atoms in total. The highest BCUT2D eigenvalue weighted by atomic mass is 35.5. The van der Waals surface area contributed by atoms with Crippen LogP contribution in [-0.2, 0) is 4.79 Å². The van der Waals surface area contributed by atoms with Crippen LogP contribution in [-0.4, -0.2) is 21.3 Å². The minimum atomic E-state index is -0.126. The fraction of sp³-hybridized carbons (Fsp3) is 0.158. The second-order valence-electron chi connectivity index (χ2n) is 5.81. The number of nitrogens with zero attached hydrogens (tertiary/aromatic N) is 2. The quantitative estimate of drug-likeness (QED) is 0.498. The zero-order valence-electron chi connectivity index (χ0n) is 14.2. The Balaban J connectivity index is 1.59. The Morgan fingerprint density at radius 3 is 2.77 bits per heavy atom. The Morgan fingerprint density at radius 1 is 1.27 bits per heavy atom. The molecular formula is C19H19ClN4OS. The highest BCUT2D eigenvalue weighted by Gasteiger charge is 2.13. The molecule has 0 aliphatic heterocycles. The molecule has 0 spiro atoms. The number of nitrogen functional groups attached to an aromatic ring is 1. The van der Waals surface area contributed by atoms with Gasteiger partial charge in [0, 0.05) is 10.6 Å². The number of carbonyl (C=O) groups excluding carboxylic acids is 1. The van der Waals surface area contributed by atoms with Crippen LogP contribution in [0.15, 0.2) is 66.0 Å². The van der Waals surface area contributed by atoms with Crippen molar-refractivity contribution in [2.24, 2.45) is 0 Å². The Hall–Kier alpha value is -2.44. The normalized spacial score (nSPS) is 11.9. The third-order valence-electron chi connectivity index (χ3n) is 3.83. The number of benzene rings is 2. The van der Waals surface area contributed by atoms with Gasteiger partial charge in [0.05, 0.1) is 23.7 Å². The molecular weight excluding hydrogens is 368 g/mol. The Morgan fingerprint density at radius 2 is 2.04 bits per heavy atom. The molecule has 0 radical (unpaired) electrons. The van der Waals surface area contributed by atoms with Crippen molar-refractivity contribution in [2.75, 3.05) is 11.6 Å². The van der Waals surface area contributed by atoms with Crippen LogP contribution in [0.4, 0.5) is 0 Å². The molecule has 2 aromatic carbocycles. The summed E-state index contributed by atoms with van der Waals surface area (Å²) in [5.41, 5.74) is 2.73. The molecule has 134 valence electrons. The van der Waals surface area contributed by atoms with E-state index in [1.165, 1.54) is 16.4 Å². The number of nitrogens with one attached hydrogen (secondary N) is 1. The topological polar surface area (TPSA) is 72.9 Å². The number of nitrogens with two attached hydrogens (primary N) is 1. The van der Waals surface area contributed by atoms with E-state index in [1.807, 2.05) is 55.5 Å². The molecule has 26 heavy (non-hydrogen) atoms. The van der Waals surface area contributed by atoms with Gasteiger partial charge in [0.25, 0.3) is 0 Å². The number of thioether (sulfide) groups is 1. The predicted molar refractivity (Wildman–Crippen MR) is 107 cm³/mol. The molecule has 0 saturated carbocycles. The molecule has 1 atom stereocenters. The molecule has 3 N–H and O–H groups in total. The van der Waals surface area contributed by atoms with Crippen LogP contribution >= 0.6 is 23.4 Å². The largest absolute Gasteiger partial charge is 0.349 e. The van der Waals surface area contributed by atoms with Crippen molar-refractivity contribution in [3.63, 3.8) is 0 Å². The number of imidazole rings is 1. The SMILES string of the molecule is CC(NC(=O)CSc1nc(-c2ccccc2)cn1N)c1cccc(Cl)c1.